The first-order valence-electron chi connectivity index (χ1n) is 9.58. The van der Waals surface area contributed by atoms with Gasteiger partial charge in [0, 0.05) is 26.2 Å². The third kappa shape index (κ3) is 3.08. The fourth-order valence-electron chi connectivity index (χ4n) is 3.66. The lowest BCUT2D eigenvalue weighted by atomic mass is 10.1. The molecule has 0 aliphatic carbocycles. The summed E-state index contributed by atoms with van der Waals surface area (Å²) in [5, 5.41) is 2.24. The van der Waals surface area contributed by atoms with Crippen molar-refractivity contribution in [1.29, 1.82) is 0 Å². The lowest BCUT2D eigenvalue weighted by Crippen LogP contribution is -2.46. The number of anilines is 2. The number of rotatable bonds is 4. The number of aryl methyl sites for hydroxylation is 1. The molecule has 0 spiro atoms. The van der Waals surface area contributed by atoms with Crippen molar-refractivity contribution in [3.8, 4) is 5.75 Å². The molecule has 1 aliphatic rings. The Kier molecular flexibility index (Phi) is 4.56. The zero-order valence-corrected chi connectivity index (χ0v) is 17.6. The summed E-state index contributed by atoms with van der Waals surface area (Å²) in [5.74, 6) is 0.884. The lowest BCUT2D eigenvalue weighted by molar-refractivity contribution is 0.415. The van der Waals surface area contributed by atoms with Crippen molar-refractivity contribution in [1.82, 2.24) is 9.97 Å². The van der Waals surface area contributed by atoms with Crippen LogP contribution in [0.1, 0.15) is 12.5 Å². The van der Waals surface area contributed by atoms with Crippen LogP contribution in [0.4, 0.5) is 10.3 Å². The highest BCUT2D eigenvalue weighted by Crippen LogP contribution is 2.34. The molecular weight excluding hydrogens is 388 g/mol. The van der Waals surface area contributed by atoms with Crippen LogP contribution in [0.2, 0.25) is 0 Å². The van der Waals surface area contributed by atoms with Crippen LogP contribution in [-0.4, -0.2) is 43.3 Å². The summed E-state index contributed by atoms with van der Waals surface area (Å²) in [7, 11) is 1.70. The Bertz CT molecular complexity index is 1130. The SMILES string of the molecule is CCc1cccc2sc(N3CCN(c4nc5ccc(OC)cc5s4)CC3)nc12. The average molecular weight is 411 g/mol. The van der Waals surface area contributed by atoms with Gasteiger partial charge in [-0.3, -0.25) is 0 Å². The van der Waals surface area contributed by atoms with Crippen molar-refractivity contribution >= 4 is 53.4 Å². The largest absolute Gasteiger partial charge is 0.497 e. The minimum Gasteiger partial charge on any atom is -0.497 e. The molecule has 0 atom stereocenters. The Morgan fingerprint density at radius 2 is 1.64 bits per heavy atom. The van der Waals surface area contributed by atoms with Crippen LogP contribution in [0.25, 0.3) is 20.4 Å². The first-order valence-corrected chi connectivity index (χ1v) is 11.2. The summed E-state index contributed by atoms with van der Waals surface area (Å²) in [5.41, 5.74) is 3.55. The molecule has 4 aromatic rings. The summed E-state index contributed by atoms with van der Waals surface area (Å²) in [6.45, 7) is 6.07. The second-order valence-electron chi connectivity index (χ2n) is 6.92. The van der Waals surface area contributed by atoms with E-state index < -0.39 is 0 Å². The second kappa shape index (κ2) is 7.22. The Labute approximate surface area is 172 Å². The number of piperazine rings is 1. The number of para-hydroxylation sites is 1. The molecule has 0 bridgehead atoms. The second-order valence-corrected chi connectivity index (χ2v) is 8.94. The van der Waals surface area contributed by atoms with Crippen molar-refractivity contribution in [2.45, 2.75) is 13.3 Å². The molecule has 0 radical (unpaired) electrons. The first-order chi connectivity index (χ1) is 13.7. The van der Waals surface area contributed by atoms with E-state index in [2.05, 4.69) is 41.0 Å². The van der Waals surface area contributed by atoms with E-state index in [-0.39, 0.29) is 0 Å². The standard InChI is InChI=1S/C21H22N4OS2/c1-3-14-5-4-6-17-19(14)23-21(27-17)25-11-9-24(10-12-25)20-22-16-8-7-15(26-2)13-18(16)28-20/h4-8,13H,3,9-12H2,1-2H3. The minimum absolute atomic E-state index is 0.884. The van der Waals surface area contributed by atoms with Crippen LogP contribution in [-0.2, 0) is 6.42 Å². The van der Waals surface area contributed by atoms with Crippen molar-refractivity contribution in [3.63, 3.8) is 0 Å². The van der Waals surface area contributed by atoms with Crippen LogP contribution in [0, 0.1) is 0 Å². The maximum absolute atomic E-state index is 5.33. The van der Waals surface area contributed by atoms with Gasteiger partial charge in [0.15, 0.2) is 10.3 Å². The maximum Gasteiger partial charge on any atom is 0.186 e. The molecule has 0 N–H and O–H groups in total. The molecule has 144 valence electrons. The van der Waals surface area contributed by atoms with Crippen molar-refractivity contribution in [2.75, 3.05) is 43.1 Å². The van der Waals surface area contributed by atoms with Crippen LogP contribution in [0.3, 0.4) is 0 Å². The van der Waals surface area contributed by atoms with Crippen LogP contribution < -0.4 is 14.5 Å². The fraction of sp³-hybridized carbons (Fsp3) is 0.333. The highest BCUT2D eigenvalue weighted by atomic mass is 32.1. The van der Waals surface area contributed by atoms with Gasteiger partial charge in [-0.1, -0.05) is 41.7 Å². The zero-order chi connectivity index (χ0) is 19.1. The number of methoxy groups -OCH3 is 1. The van der Waals surface area contributed by atoms with E-state index >= 15 is 0 Å². The Balaban J connectivity index is 1.33. The molecule has 1 aliphatic heterocycles. The van der Waals surface area contributed by atoms with E-state index in [1.165, 1.54) is 20.5 Å². The van der Waals surface area contributed by atoms with Gasteiger partial charge in [-0.05, 0) is 36.2 Å². The molecule has 0 saturated carbocycles. The highest BCUT2D eigenvalue weighted by molar-refractivity contribution is 7.22. The van der Waals surface area contributed by atoms with Crippen LogP contribution >= 0.6 is 22.7 Å². The average Bonchev–Trinajstić information content (AvgIpc) is 3.37. The number of benzene rings is 2. The van der Waals surface area contributed by atoms with Crippen molar-refractivity contribution in [2.24, 2.45) is 0 Å². The first kappa shape index (κ1) is 17.7. The topological polar surface area (TPSA) is 41.5 Å². The molecule has 0 unspecified atom stereocenters. The monoisotopic (exact) mass is 410 g/mol. The molecule has 2 aromatic carbocycles. The summed E-state index contributed by atoms with van der Waals surface area (Å²) < 4.78 is 7.80. The van der Waals surface area contributed by atoms with E-state index in [1.807, 2.05) is 23.5 Å². The molecule has 2 aromatic heterocycles. The molecule has 3 heterocycles. The molecule has 5 rings (SSSR count). The summed E-state index contributed by atoms with van der Waals surface area (Å²) in [6.07, 6.45) is 1.02. The van der Waals surface area contributed by atoms with E-state index in [4.69, 9.17) is 14.7 Å². The van der Waals surface area contributed by atoms with Gasteiger partial charge >= 0.3 is 0 Å². The molecule has 7 heteroatoms. The number of fused-ring (bicyclic) bond motifs is 2. The van der Waals surface area contributed by atoms with Gasteiger partial charge in [-0.25, -0.2) is 9.97 Å². The van der Waals surface area contributed by atoms with Crippen molar-refractivity contribution in [3.05, 3.63) is 42.0 Å². The third-order valence-corrected chi connectivity index (χ3v) is 7.44. The van der Waals surface area contributed by atoms with Crippen molar-refractivity contribution < 1.29 is 4.74 Å². The van der Waals surface area contributed by atoms with Gasteiger partial charge in [0.2, 0.25) is 0 Å². The summed E-state index contributed by atoms with van der Waals surface area (Å²) in [4.78, 5) is 14.6. The smallest absolute Gasteiger partial charge is 0.186 e. The maximum atomic E-state index is 5.33. The third-order valence-electron chi connectivity index (χ3n) is 5.28. The Hall–Kier alpha value is -2.38. The molecular formula is C21H22N4OS2. The van der Waals surface area contributed by atoms with E-state index in [0.717, 1.165) is 54.1 Å². The van der Waals surface area contributed by atoms with Crippen LogP contribution in [0.5, 0.6) is 5.75 Å². The number of nitrogens with zero attached hydrogens (tertiary/aromatic N) is 4. The van der Waals surface area contributed by atoms with Gasteiger partial charge in [-0.2, -0.15) is 0 Å². The van der Waals surface area contributed by atoms with Crippen LogP contribution in [0.15, 0.2) is 36.4 Å². The summed E-state index contributed by atoms with van der Waals surface area (Å²) in [6, 6.07) is 12.6. The number of ether oxygens (including phenoxy) is 1. The Morgan fingerprint density at radius 1 is 0.929 bits per heavy atom. The number of aromatic nitrogens is 2. The quantitative estimate of drug-likeness (QED) is 0.483. The van der Waals surface area contributed by atoms with Gasteiger partial charge in [0.05, 0.1) is 27.5 Å². The normalized spacial score (nSPS) is 14.9. The summed E-state index contributed by atoms with van der Waals surface area (Å²) >= 11 is 3.55. The predicted molar refractivity (Wildman–Crippen MR) is 120 cm³/mol. The van der Waals surface area contributed by atoms with Gasteiger partial charge in [0.1, 0.15) is 5.75 Å². The minimum atomic E-state index is 0.884. The van der Waals surface area contributed by atoms with Gasteiger partial charge in [-0.15, -0.1) is 0 Å². The lowest BCUT2D eigenvalue weighted by Gasteiger charge is -2.34. The van der Waals surface area contributed by atoms with E-state index in [9.17, 15) is 0 Å². The molecule has 1 fully saturated rings. The number of thiazole rings is 2. The van der Waals surface area contributed by atoms with E-state index in [1.54, 1.807) is 18.4 Å². The fourth-order valence-corrected chi connectivity index (χ4v) is 5.77. The molecule has 5 nitrogen and oxygen atoms in total. The number of hydrogen-bond acceptors (Lipinski definition) is 7. The molecule has 0 amide bonds. The molecule has 28 heavy (non-hydrogen) atoms. The van der Waals surface area contributed by atoms with Gasteiger partial charge in [0.25, 0.3) is 0 Å². The van der Waals surface area contributed by atoms with Gasteiger partial charge < -0.3 is 14.5 Å². The zero-order valence-electron chi connectivity index (χ0n) is 16.0. The number of hydrogen-bond donors (Lipinski definition) is 0. The van der Waals surface area contributed by atoms with E-state index in [0.29, 0.717) is 0 Å². The Morgan fingerprint density at radius 3 is 2.36 bits per heavy atom. The predicted octanol–water partition coefficient (Wildman–Crippen LogP) is 4.80. The highest BCUT2D eigenvalue weighted by Gasteiger charge is 2.22. The molecule has 1 saturated heterocycles.